The molecule has 1 heterocycles. The number of aryl methyl sites for hydroxylation is 2. The molecule has 4 heteroatoms. The molecule has 0 radical (unpaired) electrons. The highest BCUT2D eigenvalue weighted by Crippen LogP contribution is 2.23. The number of rotatable bonds is 3. The summed E-state index contributed by atoms with van der Waals surface area (Å²) >= 11 is 1.71. The number of hydrogen-bond donors (Lipinski definition) is 1. The number of aromatic nitrogens is 1. The van der Waals surface area contributed by atoms with Crippen LogP contribution in [0.3, 0.4) is 0 Å². The molecule has 0 unspecified atom stereocenters. The van der Waals surface area contributed by atoms with Crippen LogP contribution in [0.4, 0.5) is 0 Å². The fourth-order valence-electron chi connectivity index (χ4n) is 1.58. The summed E-state index contributed by atoms with van der Waals surface area (Å²) in [5, 5.41) is 6.37. The smallest absolute Gasteiger partial charge is 0.107 e. The highest BCUT2D eigenvalue weighted by atomic mass is 35.5. The first kappa shape index (κ1) is 14.2. The minimum atomic E-state index is 0. The first-order valence-electron chi connectivity index (χ1n) is 5.37. The average Bonchev–Trinajstić information content (AvgIpc) is 2.71. The lowest BCUT2D eigenvalue weighted by Gasteiger charge is -2.02. The summed E-state index contributed by atoms with van der Waals surface area (Å²) in [6.45, 7) is 5.11. The van der Waals surface area contributed by atoms with Crippen LogP contribution < -0.4 is 5.32 Å². The molecular weight excluding hydrogens is 252 g/mol. The molecule has 0 saturated heterocycles. The molecule has 0 spiro atoms. The van der Waals surface area contributed by atoms with Crippen LogP contribution in [0.15, 0.2) is 23.6 Å². The zero-order valence-corrected chi connectivity index (χ0v) is 11.9. The van der Waals surface area contributed by atoms with E-state index in [4.69, 9.17) is 0 Å². The first-order valence-corrected chi connectivity index (χ1v) is 6.25. The fraction of sp³-hybridized carbons (Fsp3) is 0.308. The Labute approximate surface area is 113 Å². The third-order valence-electron chi connectivity index (χ3n) is 2.68. The van der Waals surface area contributed by atoms with Gasteiger partial charge in [0.2, 0.25) is 0 Å². The van der Waals surface area contributed by atoms with Gasteiger partial charge in [-0.05, 0) is 38.1 Å². The molecule has 92 valence electrons. The predicted molar refractivity (Wildman–Crippen MR) is 77.0 cm³/mol. The maximum absolute atomic E-state index is 4.60. The third-order valence-corrected chi connectivity index (χ3v) is 3.53. The maximum atomic E-state index is 4.60. The highest BCUT2D eigenvalue weighted by Gasteiger charge is 2.04. The van der Waals surface area contributed by atoms with Gasteiger partial charge in [-0.2, -0.15) is 0 Å². The highest BCUT2D eigenvalue weighted by molar-refractivity contribution is 7.09. The van der Waals surface area contributed by atoms with Crippen molar-refractivity contribution in [3.05, 3.63) is 39.7 Å². The van der Waals surface area contributed by atoms with Crippen molar-refractivity contribution in [2.24, 2.45) is 0 Å². The Morgan fingerprint density at radius 2 is 2.00 bits per heavy atom. The molecule has 0 amide bonds. The van der Waals surface area contributed by atoms with Gasteiger partial charge in [-0.1, -0.05) is 12.1 Å². The van der Waals surface area contributed by atoms with Crippen molar-refractivity contribution in [2.45, 2.75) is 20.4 Å². The van der Waals surface area contributed by atoms with Gasteiger partial charge in [-0.15, -0.1) is 23.7 Å². The fourth-order valence-corrected chi connectivity index (χ4v) is 2.39. The van der Waals surface area contributed by atoms with Gasteiger partial charge in [-0.3, -0.25) is 0 Å². The average molecular weight is 269 g/mol. The van der Waals surface area contributed by atoms with E-state index in [0.717, 1.165) is 17.2 Å². The molecule has 0 aliphatic carbocycles. The quantitative estimate of drug-likeness (QED) is 0.921. The second-order valence-electron chi connectivity index (χ2n) is 3.96. The summed E-state index contributed by atoms with van der Waals surface area (Å²) in [6.07, 6.45) is 0. The van der Waals surface area contributed by atoms with Crippen LogP contribution in [0, 0.1) is 13.8 Å². The van der Waals surface area contributed by atoms with Gasteiger partial charge in [0.05, 0.1) is 5.69 Å². The van der Waals surface area contributed by atoms with Crippen LogP contribution >= 0.6 is 23.7 Å². The molecule has 2 aromatic rings. The van der Waals surface area contributed by atoms with E-state index in [1.165, 1.54) is 16.7 Å². The summed E-state index contributed by atoms with van der Waals surface area (Å²) in [5.74, 6) is 0. The first-order chi connectivity index (χ1) is 7.70. The number of benzene rings is 1. The zero-order chi connectivity index (χ0) is 11.5. The largest absolute Gasteiger partial charge is 0.314 e. The summed E-state index contributed by atoms with van der Waals surface area (Å²) in [5.41, 5.74) is 4.94. The van der Waals surface area contributed by atoms with E-state index in [2.05, 4.69) is 47.7 Å². The van der Waals surface area contributed by atoms with Crippen LogP contribution in [-0.2, 0) is 6.54 Å². The second-order valence-corrected chi connectivity index (χ2v) is 4.90. The van der Waals surface area contributed by atoms with Gasteiger partial charge >= 0.3 is 0 Å². The van der Waals surface area contributed by atoms with Crippen LogP contribution in [0.1, 0.15) is 16.1 Å². The molecule has 1 N–H and O–H groups in total. The lowest BCUT2D eigenvalue weighted by Crippen LogP contribution is -2.04. The number of nitrogens with one attached hydrogen (secondary N) is 1. The molecule has 2 nitrogen and oxygen atoms in total. The Kier molecular flexibility index (Phi) is 5.12. The van der Waals surface area contributed by atoms with E-state index >= 15 is 0 Å². The lowest BCUT2D eigenvalue weighted by molar-refractivity contribution is 0.811. The van der Waals surface area contributed by atoms with Crippen molar-refractivity contribution in [1.82, 2.24) is 10.3 Å². The Balaban J connectivity index is 0.00000144. The van der Waals surface area contributed by atoms with Crippen molar-refractivity contribution in [3.63, 3.8) is 0 Å². The summed E-state index contributed by atoms with van der Waals surface area (Å²) < 4.78 is 0. The third kappa shape index (κ3) is 3.28. The Hall–Kier alpha value is -0.900. The van der Waals surface area contributed by atoms with Gasteiger partial charge in [0.25, 0.3) is 0 Å². The molecule has 17 heavy (non-hydrogen) atoms. The molecule has 0 saturated carbocycles. The van der Waals surface area contributed by atoms with Gasteiger partial charge in [0, 0.05) is 17.5 Å². The molecular formula is C13H17ClN2S. The van der Waals surface area contributed by atoms with Crippen molar-refractivity contribution >= 4 is 23.7 Å². The van der Waals surface area contributed by atoms with E-state index in [9.17, 15) is 0 Å². The Bertz CT molecular complexity index is 494. The van der Waals surface area contributed by atoms with Gasteiger partial charge in [0.15, 0.2) is 0 Å². The molecule has 0 atom stereocenters. The van der Waals surface area contributed by atoms with Crippen LogP contribution in [0.25, 0.3) is 11.3 Å². The SMILES string of the molecule is CNCc1nc(-c2ccc(C)c(C)c2)cs1.Cl. The minimum Gasteiger partial charge on any atom is -0.314 e. The monoisotopic (exact) mass is 268 g/mol. The van der Waals surface area contributed by atoms with Crippen molar-refractivity contribution in [2.75, 3.05) is 7.05 Å². The van der Waals surface area contributed by atoms with Crippen LogP contribution in [0.5, 0.6) is 0 Å². The molecule has 0 fully saturated rings. The Morgan fingerprint density at radius 1 is 1.24 bits per heavy atom. The number of nitrogens with zero attached hydrogens (tertiary/aromatic N) is 1. The van der Waals surface area contributed by atoms with E-state index in [1.54, 1.807) is 11.3 Å². The normalized spacial score (nSPS) is 10.1. The summed E-state index contributed by atoms with van der Waals surface area (Å²) in [4.78, 5) is 4.60. The maximum Gasteiger partial charge on any atom is 0.107 e. The standard InChI is InChI=1S/C13H16N2S.ClH/c1-9-4-5-11(6-10(9)2)12-8-16-13(15-12)7-14-3;/h4-6,8,14H,7H2,1-3H3;1H. The molecule has 0 aliphatic rings. The Morgan fingerprint density at radius 3 is 2.65 bits per heavy atom. The van der Waals surface area contributed by atoms with Crippen molar-refractivity contribution in [3.8, 4) is 11.3 Å². The number of thiazole rings is 1. The minimum absolute atomic E-state index is 0. The second kappa shape index (κ2) is 6.15. The van der Waals surface area contributed by atoms with Crippen molar-refractivity contribution in [1.29, 1.82) is 0 Å². The van der Waals surface area contributed by atoms with Gasteiger partial charge in [-0.25, -0.2) is 4.98 Å². The van der Waals surface area contributed by atoms with Gasteiger partial charge < -0.3 is 5.32 Å². The summed E-state index contributed by atoms with van der Waals surface area (Å²) in [7, 11) is 1.94. The van der Waals surface area contributed by atoms with Crippen LogP contribution in [0.2, 0.25) is 0 Å². The van der Waals surface area contributed by atoms with Gasteiger partial charge in [0.1, 0.15) is 5.01 Å². The molecule has 1 aromatic heterocycles. The van der Waals surface area contributed by atoms with Crippen molar-refractivity contribution < 1.29 is 0 Å². The van der Waals surface area contributed by atoms with E-state index < -0.39 is 0 Å². The summed E-state index contributed by atoms with van der Waals surface area (Å²) in [6, 6.07) is 6.50. The van der Waals surface area contributed by atoms with E-state index in [1.807, 2.05) is 7.05 Å². The molecule has 1 aromatic carbocycles. The van der Waals surface area contributed by atoms with Crippen LogP contribution in [-0.4, -0.2) is 12.0 Å². The lowest BCUT2D eigenvalue weighted by atomic mass is 10.1. The molecule has 0 bridgehead atoms. The number of hydrogen-bond acceptors (Lipinski definition) is 3. The molecule has 0 aliphatic heterocycles. The topological polar surface area (TPSA) is 24.9 Å². The molecule has 2 rings (SSSR count). The predicted octanol–water partition coefficient (Wildman–Crippen LogP) is 3.57. The van der Waals surface area contributed by atoms with E-state index in [0.29, 0.717) is 0 Å². The van der Waals surface area contributed by atoms with E-state index in [-0.39, 0.29) is 12.4 Å². The zero-order valence-electron chi connectivity index (χ0n) is 10.3. The number of halogens is 1.